The molecule has 1 aromatic carbocycles. The van der Waals surface area contributed by atoms with Gasteiger partial charge in [0.2, 0.25) is 0 Å². The number of nitrogens with zero attached hydrogens (tertiary/aromatic N) is 8. The van der Waals surface area contributed by atoms with E-state index < -0.39 is 0 Å². The highest BCUT2D eigenvalue weighted by Gasteiger charge is 2.38. The van der Waals surface area contributed by atoms with Gasteiger partial charge < -0.3 is 88.4 Å². The summed E-state index contributed by atoms with van der Waals surface area (Å²) in [4.78, 5) is 45.6. The molecule has 8 aromatic heterocycles. The van der Waals surface area contributed by atoms with Crippen LogP contribution in [0, 0.1) is 23.2 Å². The van der Waals surface area contributed by atoms with Gasteiger partial charge in [0.15, 0.2) is 0 Å². The molecule has 134 heavy (non-hydrogen) atoms. The van der Waals surface area contributed by atoms with Gasteiger partial charge in [0.05, 0.1) is 44.5 Å². The summed E-state index contributed by atoms with van der Waals surface area (Å²) >= 11 is 14.5. The Morgan fingerprint density at radius 1 is 0.306 bits per heavy atom. The molecule has 0 radical (unpaired) electrons. The van der Waals surface area contributed by atoms with Gasteiger partial charge in [0.1, 0.15) is 133 Å². The average Bonchev–Trinajstić information content (AvgIpc) is 1.60. The summed E-state index contributed by atoms with van der Waals surface area (Å²) in [7, 11) is 0. The van der Waals surface area contributed by atoms with Crippen LogP contribution >= 0.6 is 90.7 Å². The van der Waals surface area contributed by atoms with Gasteiger partial charge in [-0.05, 0) is 252 Å². The Balaban J connectivity index is 0.000000103. The summed E-state index contributed by atoms with van der Waals surface area (Å²) < 4.78 is 0. The molecule has 24 nitrogen and oxygen atoms in total. The van der Waals surface area contributed by atoms with Gasteiger partial charge in [-0.1, -0.05) is 137 Å². The standard InChI is InChI=1S/C17H17N3S.C15H21N3S.C13H17N3S.3C12H15N3S.C11H13N3S.C10H11N3S/c1-10-19-16(18)15-13-8-7-12(11-5-3-2-4-6-11)9-14(13)21-17(15)20-10;1-8-17-13(16)12-10-6-5-9(15(2,3)4)7-11(10)19-14(12)18-8;1-3-8-4-5-9-10(6-8)17-13-11(9)12(14)15-7(2)16-13;1-6-3-4-8-9(5-6)16-12-10(8)11(13)14-7(2)15-12;1-6-4-3-5-8-9(6)10-11(13)14-7(2)15-12(10)16-8;1-7-14-11(13)10-8-5-3-2-4-6-9(8)16-12(10)15-7;1-6-13-10(12)9-7-4-2-3-5-8(7)15-11(9)14-6;1-5-12-9(11)8-6-3-2-4-7(6)14-10(8)13-5/h2-6,12,20H,1,7-9H2,(H2,18,19);9,18H,1,5-7H2,2-4H3,(H2,16,17);8,16H,2-6H2,1H3,(H2,14,15);2*6,15H,2-5H2,1H3,(H2,13,14);15H,1-6H2,(H2,13,14);14H,1-5H2,(H2,12,13);13H,1-4H2,(H2,11,12). The highest BCUT2D eigenvalue weighted by molar-refractivity contribution is 7.19. The van der Waals surface area contributed by atoms with Crippen LogP contribution in [0.25, 0.3) is 0 Å². The minimum atomic E-state index is 0.374. The number of aryl methyl sites for hydroxylation is 4. The van der Waals surface area contributed by atoms with Gasteiger partial charge in [-0.2, -0.15) is 0 Å². The number of nitrogens with two attached hydrogens (primary N) is 8. The molecule has 8 aliphatic carbocycles. The van der Waals surface area contributed by atoms with Crippen molar-refractivity contribution >= 4 is 177 Å². The molecule has 9 aromatic rings. The molecule has 24 N–H and O–H groups in total. The molecule has 0 saturated carbocycles. The maximum atomic E-state index is 6.11. The van der Waals surface area contributed by atoms with Crippen molar-refractivity contribution in [2.45, 2.75) is 233 Å². The van der Waals surface area contributed by atoms with Gasteiger partial charge in [-0.3, -0.25) is 0 Å². The normalized spacial score (nSPS) is 21.1. The highest BCUT2D eigenvalue weighted by atomic mass is 32.1. The van der Waals surface area contributed by atoms with Crippen LogP contribution in [0.5, 0.6) is 0 Å². The summed E-state index contributed by atoms with van der Waals surface area (Å²) in [5, 5.41) is 34.9. The molecule has 5 atom stereocenters. The minimum absolute atomic E-state index is 0.374. The van der Waals surface area contributed by atoms with E-state index in [0.717, 1.165) is 160 Å². The SMILES string of the molecule is C=C1N=C(N)c2c(sc3c2C(C)CCC3)N1.C=C1N=C(N)c2c(sc3c2CCC(C(C)(C)C)C3)N1.C=C1N=C(N)c2c(sc3c2CCC(C)C3)N1.C=C1N=C(N)c2c(sc3c2CCC(CC)C3)N1.C=C1N=C(N)c2c(sc3c2CCC(c2ccccc2)C3)N1.C=C1N=C(N)c2c(sc3c2CCC3)N1.C=C1N=C(N)c2c(sc3c2CCCC3)N1.C=C1N=C(N)c2c(sc3c2CCCCC3)N1. The van der Waals surface area contributed by atoms with Crippen LogP contribution < -0.4 is 88.4 Å². The second-order valence-corrected chi connectivity index (χ2v) is 46.9. The van der Waals surface area contributed by atoms with Crippen molar-refractivity contribution in [3.05, 3.63) is 263 Å². The van der Waals surface area contributed by atoms with Crippen LogP contribution in [-0.2, 0) is 96.3 Å². The third kappa shape index (κ3) is 19.3. The van der Waals surface area contributed by atoms with E-state index in [0.29, 0.717) is 111 Å². The summed E-state index contributed by atoms with van der Waals surface area (Å²) in [6, 6.07) is 10.8. The zero-order valence-corrected chi connectivity index (χ0v) is 84.2. The number of hydrogen-bond acceptors (Lipinski definition) is 32. The summed E-state index contributed by atoms with van der Waals surface area (Å²) in [6.07, 6.45) is 33.7. The first kappa shape index (κ1) is 93.3. The van der Waals surface area contributed by atoms with Gasteiger partial charge >= 0.3 is 0 Å². The number of thiophene rings is 8. The van der Waals surface area contributed by atoms with E-state index in [1.54, 1.807) is 11.3 Å². The Labute approximate surface area is 818 Å². The number of rotatable bonds is 2. The Bertz CT molecular complexity index is 6550. The number of nitrogens with one attached hydrogen (secondary N) is 8. The lowest BCUT2D eigenvalue weighted by molar-refractivity contribution is 0.218. The van der Waals surface area contributed by atoms with Crippen molar-refractivity contribution in [2.75, 3.05) is 42.5 Å². The topological polar surface area (TPSA) is 403 Å². The molecule has 0 bridgehead atoms. The summed E-state index contributed by atoms with van der Waals surface area (Å²) in [5.41, 5.74) is 70.4. The third-order valence-electron chi connectivity index (χ3n) is 27.7. The Morgan fingerprint density at radius 2 is 0.604 bits per heavy atom. The lowest BCUT2D eigenvalue weighted by Crippen LogP contribution is -2.27. The molecule has 16 heterocycles. The van der Waals surface area contributed by atoms with Crippen LogP contribution in [0.4, 0.5) is 40.0 Å². The number of anilines is 8. The van der Waals surface area contributed by atoms with Crippen molar-refractivity contribution in [3.8, 4) is 0 Å². The first-order chi connectivity index (χ1) is 64.3. The van der Waals surface area contributed by atoms with Crippen molar-refractivity contribution in [1.82, 2.24) is 0 Å². The third-order valence-corrected chi connectivity index (χ3v) is 37.2. The molecule has 700 valence electrons. The number of fused-ring (bicyclic) bond motifs is 24. The zero-order chi connectivity index (χ0) is 94.0. The van der Waals surface area contributed by atoms with E-state index in [2.05, 4.69) is 207 Å². The van der Waals surface area contributed by atoms with Crippen molar-refractivity contribution in [1.29, 1.82) is 0 Å². The predicted octanol–water partition coefficient (Wildman–Crippen LogP) is 21.9. The van der Waals surface area contributed by atoms with E-state index in [1.165, 1.54) is 211 Å². The van der Waals surface area contributed by atoms with Crippen LogP contribution in [-0.4, -0.2) is 46.7 Å². The zero-order valence-electron chi connectivity index (χ0n) is 77.7. The molecular formula is C102H124N24S8. The fraction of sp³-hybridized carbons (Fsp3) is 0.392. The van der Waals surface area contributed by atoms with E-state index in [9.17, 15) is 0 Å². The average molecular weight is 1940 g/mol. The molecule has 0 amide bonds. The molecule has 16 aliphatic rings. The van der Waals surface area contributed by atoms with Crippen molar-refractivity contribution in [2.24, 2.45) is 109 Å². The smallest absolute Gasteiger partial charge is 0.136 e. The molecule has 0 fully saturated rings. The quantitative estimate of drug-likeness (QED) is 0.0715. The fourth-order valence-electron chi connectivity index (χ4n) is 21.0. The maximum Gasteiger partial charge on any atom is 0.136 e. The van der Waals surface area contributed by atoms with Crippen LogP contribution in [0.2, 0.25) is 0 Å². The van der Waals surface area contributed by atoms with Crippen molar-refractivity contribution < 1.29 is 0 Å². The predicted molar refractivity (Wildman–Crippen MR) is 577 cm³/mol. The molecular weight excluding hydrogens is 1820 g/mol. The summed E-state index contributed by atoms with van der Waals surface area (Å²) in [6.45, 7) is 44.4. The monoisotopic (exact) mass is 1940 g/mol. The van der Waals surface area contributed by atoms with E-state index >= 15 is 0 Å². The second kappa shape index (κ2) is 38.9. The number of amidine groups is 8. The number of benzene rings is 1. The second-order valence-electron chi connectivity index (χ2n) is 38.1. The van der Waals surface area contributed by atoms with Gasteiger partial charge in [0, 0.05) is 39.0 Å². The lowest BCUT2D eigenvalue weighted by Gasteiger charge is -2.34. The number of aliphatic imine (C=N–C) groups is 8. The maximum absolute atomic E-state index is 6.11. The minimum Gasteiger partial charge on any atom is -0.383 e. The Kier molecular flexibility index (Phi) is 27.1. The van der Waals surface area contributed by atoms with Gasteiger partial charge in [0.25, 0.3) is 0 Å². The van der Waals surface area contributed by atoms with Crippen LogP contribution in [0.1, 0.15) is 270 Å². The fourth-order valence-corrected chi connectivity index (χ4v) is 31.9. The first-order valence-corrected chi connectivity index (χ1v) is 53.5. The van der Waals surface area contributed by atoms with Crippen LogP contribution in [0.15, 0.2) is 169 Å². The Morgan fingerprint density at radius 3 is 1.01 bits per heavy atom. The van der Waals surface area contributed by atoms with Crippen LogP contribution in [0.3, 0.4) is 0 Å². The van der Waals surface area contributed by atoms with E-state index in [4.69, 9.17) is 45.9 Å². The molecule has 5 unspecified atom stereocenters. The number of hydrogen-bond donors (Lipinski definition) is 16. The first-order valence-electron chi connectivity index (χ1n) is 47.0. The van der Waals surface area contributed by atoms with E-state index in [1.807, 2.05) is 79.4 Å². The Hall–Kier alpha value is -11.1. The van der Waals surface area contributed by atoms with E-state index in [-0.39, 0.29) is 0 Å². The lowest BCUT2D eigenvalue weighted by atomic mass is 9.72. The van der Waals surface area contributed by atoms with Gasteiger partial charge in [-0.15, -0.1) is 90.7 Å². The molecule has 0 saturated heterocycles. The largest absolute Gasteiger partial charge is 0.383 e. The molecule has 25 rings (SSSR count). The van der Waals surface area contributed by atoms with Gasteiger partial charge in [-0.25, -0.2) is 39.9 Å². The molecule has 32 heteroatoms. The molecule has 0 spiro atoms. The molecule has 8 aliphatic heterocycles. The van der Waals surface area contributed by atoms with Crippen molar-refractivity contribution in [3.63, 3.8) is 0 Å². The summed E-state index contributed by atoms with van der Waals surface area (Å²) in [5.74, 6) is 13.8. The highest BCUT2D eigenvalue weighted by Crippen LogP contribution is 2.52.